The highest BCUT2D eigenvalue weighted by atomic mass is 16.5. The Morgan fingerprint density at radius 3 is 2.52 bits per heavy atom. The first-order valence-corrected chi connectivity index (χ1v) is 8.34. The molecule has 0 saturated heterocycles. The van der Waals surface area contributed by atoms with Crippen molar-refractivity contribution in [2.24, 2.45) is 5.73 Å². The van der Waals surface area contributed by atoms with Gasteiger partial charge in [-0.25, -0.2) is 9.59 Å². The molecule has 2 aliphatic rings. The van der Waals surface area contributed by atoms with Gasteiger partial charge in [-0.1, -0.05) is 18.2 Å². The smallest absolute Gasteiger partial charge is 0.340 e. The summed E-state index contributed by atoms with van der Waals surface area (Å²) in [5, 5.41) is 0. The van der Waals surface area contributed by atoms with Crippen molar-refractivity contribution in [2.45, 2.75) is 19.3 Å². The topological polar surface area (TPSA) is 108 Å². The van der Waals surface area contributed by atoms with E-state index in [4.69, 9.17) is 19.9 Å². The number of para-hydroxylation sites is 1. The Balaban J connectivity index is 2.44. The van der Waals surface area contributed by atoms with Gasteiger partial charge in [0.05, 0.1) is 13.7 Å². The highest BCUT2D eigenvalue weighted by Gasteiger charge is 2.63. The largest absolute Gasteiger partial charge is 0.465 e. The Labute approximate surface area is 156 Å². The maximum atomic E-state index is 13.5. The normalized spacial score (nSPS) is 21.3. The third-order valence-electron chi connectivity index (χ3n) is 4.78. The predicted octanol–water partition coefficient (Wildman–Crippen LogP) is 1.11. The van der Waals surface area contributed by atoms with E-state index < -0.39 is 23.3 Å². The van der Waals surface area contributed by atoms with Crippen LogP contribution in [0.2, 0.25) is 0 Å². The average molecular weight is 372 g/mol. The zero-order valence-electron chi connectivity index (χ0n) is 15.5. The number of amides is 1. The van der Waals surface area contributed by atoms with Gasteiger partial charge in [-0.05, 0) is 19.9 Å². The molecule has 1 spiro atoms. The van der Waals surface area contributed by atoms with Crippen molar-refractivity contribution in [1.29, 1.82) is 0 Å². The number of nitrogens with two attached hydrogens (primary N) is 1. The molecule has 2 N–H and O–H groups in total. The summed E-state index contributed by atoms with van der Waals surface area (Å²) < 4.78 is 15.5. The minimum atomic E-state index is -1.79. The number of carbonyl (C=O) groups is 3. The zero-order chi connectivity index (χ0) is 19.9. The maximum Gasteiger partial charge on any atom is 0.340 e. The molecule has 27 heavy (non-hydrogen) atoms. The summed E-state index contributed by atoms with van der Waals surface area (Å²) in [5.74, 6) is -2.33. The molecule has 1 aromatic rings. The summed E-state index contributed by atoms with van der Waals surface area (Å²) in [6.07, 6.45) is 0. The summed E-state index contributed by atoms with van der Waals surface area (Å²) in [5.41, 5.74) is 4.87. The summed E-state index contributed by atoms with van der Waals surface area (Å²) in [6, 6.07) is 6.86. The molecule has 0 bridgehead atoms. The molecule has 0 aliphatic carbocycles. The van der Waals surface area contributed by atoms with Crippen molar-refractivity contribution in [2.75, 3.05) is 25.7 Å². The average Bonchev–Trinajstić information content (AvgIpc) is 2.84. The molecule has 8 nitrogen and oxygen atoms in total. The molecule has 142 valence electrons. The quantitative estimate of drug-likeness (QED) is 0.792. The number of rotatable bonds is 3. The number of ether oxygens (including phenoxy) is 3. The first kappa shape index (κ1) is 18.5. The number of carbonyl (C=O) groups excluding carboxylic acids is 3. The van der Waals surface area contributed by atoms with Crippen LogP contribution in [0.15, 0.2) is 47.1 Å². The lowest BCUT2D eigenvalue weighted by molar-refractivity contribution is -0.142. The Hall–Kier alpha value is -3.29. The summed E-state index contributed by atoms with van der Waals surface area (Å²) in [6.45, 7) is 3.24. The molecule has 0 fully saturated rings. The van der Waals surface area contributed by atoms with Crippen molar-refractivity contribution in [3.05, 3.63) is 52.6 Å². The van der Waals surface area contributed by atoms with Crippen LogP contribution in [0.3, 0.4) is 0 Å². The van der Waals surface area contributed by atoms with Gasteiger partial charge in [0.25, 0.3) is 0 Å². The number of methoxy groups -OCH3 is 1. The van der Waals surface area contributed by atoms with E-state index in [2.05, 4.69) is 0 Å². The highest BCUT2D eigenvalue weighted by Crippen LogP contribution is 2.54. The number of allylic oxidation sites excluding steroid dienone is 1. The van der Waals surface area contributed by atoms with Gasteiger partial charge in [0.15, 0.2) is 0 Å². The van der Waals surface area contributed by atoms with Crippen LogP contribution in [-0.4, -0.2) is 38.6 Å². The molecule has 0 aromatic heterocycles. The molecular weight excluding hydrogens is 352 g/mol. The van der Waals surface area contributed by atoms with Gasteiger partial charge in [-0.2, -0.15) is 0 Å². The second-order valence-corrected chi connectivity index (χ2v) is 6.12. The van der Waals surface area contributed by atoms with Crippen LogP contribution in [0.4, 0.5) is 5.69 Å². The Morgan fingerprint density at radius 2 is 1.89 bits per heavy atom. The maximum absolute atomic E-state index is 13.5. The molecule has 2 heterocycles. The van der Waals surface area contributed by atoms with E-state index in [1.54, 1.807) is 38.2 Å². The fourth-order valence-corrected chi connectivity index (χ4v) is 3.74. The van der Waals surface area contributed by atoms with Crippen molar-refractivity contribution in [3.8, 4) is 0 Å². The van der Waals surface area contributed by atoms with E-state index in [1.165, 1.54) is 18.9 Å². The van der Waals surface area contributed by atoms with Crippen LogP contribution in [0.5, 0.6) is 0 Å². The molecule has 0 unspecified atom stereocenters. The minimum absolute atomic E-state index is 0.0826. The van der Waals surface area contributed by atoms with Gasteiger partial charge in [0.1, 0.15) is 22.3 Å². The van der Waals surface area contributed by atoms with E-state index in [0.29, 0.717) is 11.3 Å². The molecule has 0 radical (unpaired) electrons. The third kappa shape index (κ3) is 2.33. The number of hydrogen-bond donors (Lipinski definition) is 1. The van der Waals surface area contributed by atoms with E-state index in [1.807, 2.05) is 0 Å². The SMILES string of the molecule is CCOC(=O)C1=C(C)OC(N)=C(C(=O)OC)[C@@]12C(=O)N(C)c1ccccc12. The van der Waals surface area contributed by atoms with E-state index >= 15 is 0 Å². The lowest BCUT2D eigenvalue weighted by Gasteiger charge is -2.35. The van der Waals surface area contributed by atoms with E-state index in [0.717, 1.165) is 0 Å². The number of fused-ring (bicyclic) bond motifs is 2. The molecule has 0 saturated carbocycles. The molecule has 8 heteroatoms. The van der Waals surface area contributed by atoms with Gasteiger partial charge in [-0.3, -0.25) is 4.79 Å². The fourth-order valence-electron chi connectivity index (χ4n) is 3.74. The lowest BCUT2D eigenvalue weighted by Crippen LogP contribution is -2.50. The van der Waals surface area contributed by atoms with E-state index in [-0.39, 0.29) is 29.4 Å². The number of esters is 2. The van der Waals surface area contributed by atoms with Crippen LogP contribution in [0, 0.1) is 0 Å². The van der Waals surface area contributed by atoms with Crippen molar-refractivity contribution in [1.82, 2.24) is 0 Å². The number of likely N-dealkylation sites (N-methyl/N-ethyl adjacent to an activating group) is 1. The Bertz CT molecular complexity index is 917. The first-order valence-electron chi connectivity index (χ1n) is 8.34. The number of anilines is 1. The van der Waals surface area contributed by atoms with Gasteiger partial charge in [-0.15, -0.1) is 0 Å². The van der Waals surface area contributed by atoms with Crippen LogP contribution in [0.25, 0.3) is 0 Å². The van der Waals surface area contributed by atoms with Crippen molar-refractivity contribution < 1.29 is 28.6 Å². The number of hydrogen-bond acceptors (Lipinski definition) is 7. The Kier molecular flexibility index (Phi) is 4.43. The predicted molar refractivity (Wildman–Crippen MR) is 95.2 cm³/mol. The number of nitrogens with zero attached hydrogens (tertiary/aromatic N) is 1. The second kappa shape index (κ2) is 6.46. The lowest BCUT2D eigenvalue weighted by atomic mass is 9.67. The van der Waals surface area contributed by atoms with Crippen molar-refractivity contribution in [3.63, 3.8) is 0 Å². The Morgan fingerprint density at radius 1 is 1.22 bits per heavy atom. The molecule has 1 aromatic carbocycles. The summed E-state index contributed by atoms with van der Waals surface area (Å²) in [4.78, 5) is 40.4. The molecule has 1 amide bonds. The fraction of sp³-hybridized carbons (Fsp3) is 0.316. The van der Waals surface area contributed by atoms with Crippen LogP contribution in [0.1, 0.15) is 19.4 Å². The summed E-state index contributed by atoms with van der Waals surface area (Å²) >= 11 is 0. The standard InChI is InChI=1S/C19H20N2O6/c1-5-26-17(23)13-10(2)27-15(20)14(16(22)25-4)19(13)11-8-6-7-9-12(11)21(3)18(19)24/h6-9H,5,20H2,1-4H3/t19-/m0/s1. The molecular formula is C19H20N2O6. The second-order valence-electron chi connectivity index (χ2n) is 6.12. The van der Waals surface area contributed by atoms with Crippen molar-refractivity contribution >= 4 is 23.5 Å². The van der Waals surface area contributed by atoms with Crippen LogP contribution >= 0.6 is 0 Å². The van der Waals surface area contributed by atoms with E-state index in [9.17, 15) is 14.4 Å². The van der Waals surface area contributed by atoms with Gasteiger partial charge in [0.2, 0.25) is 11.8 Å². The highest BCUT2D eigenvalue weighted by molar-refractivity contribution is 6.22. The molecule has 2 aliphatic heterocycles. The minimum Gasteiger partial charge on any atom is -0.465 e. The molecule has 1 atom stereocenters. The number of benzene rings is 1. The zero-order valence-corrected chi connectivity index (χ0v) is 15.5. The molecule has 3 rings (SSSR count). The van der Waals surface area contributed by atoms with Gasteiger partial charge in [0, 0.05) is 18.3 Å². The van der Waals surface area contributed by atoms with Gasteiger partial charge >= 0.3 is 11.9 Å². The monoisotopic (exact) mass is 372 g/mol. The first-order chi connectivity index (χ1) is 12.8. The third-order valence-corrected chi connectivity index (χ3v) is 4.78. The van der Waals surface area contributed by atoms with Crippen LogP contribution < -0.4 is 10.6 Å². The summed E-state index contributed by atoms with van der Waals surface area (Å²) in [7, 11) is 2.73. The van der Waals surface area contributed by atoms with Gasteiger partial charge < -0.3 is 24.8 Å². The van der Waals surface area contributed by atoms with Crippen LogP contribution in [-0.2, 0) is 34.0 Å².